The van der Waals surface area contributed by atoms with Gasteiger partial charge in [-0.2, -0.15) is 5.10 Å². The van der Waals surface area contributed by atoms with Gasteiger partial charge in [-0.05, 0) is 64.9 Å². The van der Waals surface area contributed by atoms with Crippen LogP contribution in [0.2, 0.25) is 0 Å². The molecule has 0 atom stereocenters. The predicted molar refractivity (Wildman–Crippen MR) is 143 cm³/mol. The fourth-order valence-corrected chi connectivity index (χ4v) is 3.59. The van der Waals surface area contributed by atoms with Gasteiger partial charge in [-0.25, -0.2) is 10.2 Å². The van der Waals surface area contributed by atoms with Crippen molar-refractivity contribution < 1.29 is 33.3 Å². The highest BCUT2D eigenvalue weighted by Gasteiger charge is 2.15. The lowest BCUT2D eigenvalue weighted by Gasteiger charge is -2.11. The van der Waals surface area contributed by atoms with Gasteiger partial charge in [0.2, 0.25) is 0 Å². The minimum absolute atomic E-state index is 0.190. The smallest absolute Gasteiger partial charge is 0.343 e. The van der Waals surface area contributed by atoms with Crippen molar-refractivity contribution in [2.75, 3.05) is 27.9 Å². The van der Waals surface area contributed by atoms with E-state index in [2.05, 4.69) is 10.5 Å². The van der Waals surface area contributed by atoms with Crippen LogP contribution in [0.15, 0.2) is 84.0 Å². The summed E-state index contributed by atoms with van der Waals surface area (Å²) in [5.41, 5.74) is 3.32. The molecule has 0 radical (unpaired) electrons. The van der Waals surface area contributed by atoms with Gasteiger partial charge in [-0.1, -0.05) is 30.3 Å². The van der Waals surface area contributed by atoms with Gasteiger partial charge in [0, 0.05) is 0 Å². The molecule has 0 fully saturated rings. The number of benzene rings is 4. The number of amides is 1. The SMILES string of the molecule is COc1ccc(C(=O)Oc2ccc(/C=N\NC(=O)COc3ccc4ccccc4c3)cc2OC)cc1OC. The second kappa shape index (κ2) is 12.3. The second-order valence-electron chi connectivity index (χ2n) is 7.96. The lowest BCUT2D eigenvalue weighted by molar-refractivity contribution is -0.123. The third-order valence-electron chi connectivity index (χ3n) is 5.50. The van der Waals surface area contributed by atoms with Gasteiger partial charge >= 0.3 is 5.97 Å². The summed E-state index contributed by atoms with van der Waals surface area (Å²) in [6.07, 6.45) is 1.44. The van der Waals surface area contributed by atoms with Gasteiger partial charge in [0.05, 0.1) is 33.1 Å². The van der Waals surface area contributed by atoms with Gasteiger partial charge in [-0.15, -0.1) is 0 Å². The minimum atomic E-state index is -0.593. The number of nitrogens with zero attached hydrogens (tertiary/aromatic N) is 1. The van der Waals surface area contributed by atoms with Crippen LogP contribution in [-0.2, 0) is 4.79 Å². The first kappa shape index (κ1) is 26.0. The number of methoxy groups -OCH3 is 3. The zero-order valence-corrected chi connectivity index (χ0v) is 21.1. The average Bonchev–Trinajstić information content (AvgIpc) is 2.96. The van der Waals surface area contributed by atoms with E-state index < -0.39 is 11.9 Å². The van der Waals surface area contributed by atoms with E-state index in [4.69, 9.17) is 23.7 Å². The monoisotopic (exact) mass is 514 g/mol. The minimum Gasteiger partial charge on any atom is -0.493 e. The maximum absolute atomic E-state index is 12.7. The van der Waals surface area contributed by atoms with Crippen molar-refractivity contribution in [3.63, 3.8) is 0 Å². The van der Waals surface area contributed by atoms with Crippen molar-refractivity contribution in [1.29, 1.82) is 0 Å². The number of esters is 1. The highest BCUT2D eigenvalue weighted by molar-refractivity contribution is 5.92. The fourth-order valence-electron chi connectivity index (χ4n) is 3.59. The molecule has 9 heteroatoms. The van der Waals surface area contributed by atoms with E-state index >= 15 is 0 Å². The van der Waals surface area contributed by atoms with Crippen LogP contribution >= 0.6 is 0 Å². The van der Waals surface area contributed by atoms with Crippen molar-refractivity contribution in [3.05, 3.63) is 90.0 Å². The van der Waals surface area contributed by atoms with E-state index in [1.54, 1.807) is 30.3 Å². The highest BCUT2D eigenvalue weighted by Crippen LogP contribution is 2.31. The Hall–Kier alpha value is -5.05. The van der Waals surface area contributed by atoms with Crippen molar-refractivity contribution in [2.45, 2.75) is 0 Å². The van der Waals surface area contributed by atoms with Crippen LogP contribution in [0.4, 0.5) is 0 Å². The number of nitrogens with one attached hydrogen (secondary N) is 1. The van der Waals surface area contributed by atoms with Gasteiger partial charge < -0.3 is 23.7 Å². The van der Waals surface area contributed by atoms with Crippen molar-refractivity contribution in [3.8, 4) is 28.7 Å². The molecule has 0 aliphatic heterocycles. The molecule has 0 aromatic heterocycles. The molecule has 9 nitrogen and oxygen atoms in total. The van der Waals surface area contributed by atoms with E-state index in [1.807, 2.05) is 42.5 Å². The van der Waals surface area contributed by atoms with Crippen molar-refractivity contribution >= 4 is 28.9 Å². The molecule has 194 valence electrons. The maximum Gasteiger partial charge on any atom is 0.343 e. The molecule has 0 saturated carbocycles. The molecule has 4 aromatic carbocycles. The van der Waals surface area contributed by atoms with Gasteiger partial charge in [-0.3, -0.25) is 4.79 Å². The van der Waals surface area contributed by atoms with Gasteiger partial charge in [0.1, 0.15) is 5.75 Å². The molecule has 38 heavy (non-hydrogen) atoms. The first-order chi connectivity index (χ1) is 18.5. The van der Waals surface area contributed by atoms with Crippen LogP contribution in [0.25, 0.3) is 10.8 Å². The summed E-state index contributed by atoms with van der Waals surface area (Å²) in [6, 6.07) is 23.1. The standard InChI is InChI=1S/C29H26N2O7/c1-34-24-13-10-22(16-27(24)36-3)29(33)38-25-12-8-19(14-26(25)35-2)17-30-31-28(32)18-37-23-11-9-20-6-4-5-7-21(20)15-23/h4-17H,18H2,1-3H3,(H,31,32)/b30-17-. The van der Waals surface area contributed by atoms with Crippen LogP contribution in [-0.4, -0.2) is 46.0 Å². The number of fused-ring (bicyclic) bond motifs is 1. The Morgan fingerprint density at radius 1 is 0.763 bits per heavy atom. The number of hydrogen-bond donors (Lipinski definition) is 1. The molecule has 0 unspecified atom stereocenters. The third kappa shape index (κ3) is 6.38. The molecule has 1 amide bonds. The summed E-state index contributed by atoms with van der Waals surface area (Å²) in [5.74, 6) is 1.02. The molecule has 0 aliphatic carbocycles. The molecular formula is C29H26N2O7. The number of carbonyl (C=O) groups excluding carboxylic acids is 2. The maximum atomic E-state index is 12.7. The van der Waals surface area contributed by atoms with E-state index in [0.717, 1.165) is 10.8 Å². The Bertz CT molecular complexity index is 1480. The quantitative estimate of drug-likeness (QED) is 0.143. The molecular weight excluding hydrogens is 488 g/mol. The van der Waals surface area contributed by atoms with Gasteiger partial charge in [0.25, 0.3) is 5.91 Å². The van der Waals surface area contributed by atoms with Crippen molar-refractivity contribution in [1.82, 2.24) is 5.43 Å². The Balaban J connectivity index is 1.33. The summed E-state index contributed by atoms with van der Waals surface area (Å²) in [4.78, 5) is 24.8. The Morgan fingerprint density at radius 2 is 1.47 bits per heavy atom. The molecule has 0 saturated heterocycles. The lowest BCUT2D eigenvalue weighted by Crippen LogP contribution is -2.24. The Morgan fingerprint density at radius 3 is 2.24 bits per heavy atom. The van der Waals surface area contributed by atoms with Crippen LogP contribution in [0.3, 0.4) is 0 Å². The third-order valence-corrected chi connectivity index (χ3v) is 5.50. The number of carbonyl (C=O) groups is 2. The van der Waals surface area contributed by atoms with Crippen molar-refractivity contribution in [2.24, 2.45) is 5.10 Å². The highest BCUT2D eigenvalue weighted by atomic mass is 16.6. The number of rotatable bonds is 10. The van der Waals surface area contributed by atoms with E-state index in [1.165, 1.54) is 33.6 Å². The summed E-state index contributed by atoms with van der Waals surface area (Å²) in [5, 5.41) is 6.07. The van der Waals surface area contributed by atoms with E-state index in [0.29, 0.717) is 28.6 Å². The zero-order valence-electron chi connectivity index (χ0n) is 21.1. The number of hydrogen-bond acceptors (Lipinski definition) is 8. The largest absolute Gasteiger partial charge is 0.493 e. The molecule has 1 N–H and O–H groups in total. The van der Waals surface area contributed by atoms with Crippen LogP contribution in [0.1, 0.15) is 15.9 Å². The topological polar surface area (TPSA) is 105 Å². The lowest BCUT2D eigenvalue weighted by atomic mass is 10.1. The normalized spacial score (nSPS) is 10.7. The number of hydrazone groups is 1. The summed E-state index contributed by atoms with van der Waals surface area (Å²) < 4.78 is 26.9. The van der Waals surface area contributed by atoms with Crippen LogP contribution < -0.4 is 29.1 Å². The van der Waals surface area contributed by atoms with E-state index in [-0.39, 0.29) is 17.9 Å². The first-order valence-corrected chi connectivity index (χ1v) is 11.6. The first-order valence-electron chi connectivity index (χ1n) is 11.6. The Kier molecular flexibility index (Phi) is 8.40. The van der Waals surface area contributed by atoms with Gasteiger partial charge in [0.15, 0.2) is 29.6 Å². The molecule has 0 aliphatic rings. The molecule has 0 spiro atoms. The molecule has 0 bridgehead atoms. The van der Waals surface area contributed by atoms with Crippen LogP contribution in [0.5, 0.6) is 28.7 Å². The fraction of sp³-hybridized carbons (Fsp3) is 0.138. The number of ether oxygens (including phenoxy) is 5. The predicted octanol–water partition coefficient (Wildman–Crippen LogP) is 4.61. The molecule has 4 rings (SSSR count). The average molecular weight is 515 g/mol. The summed E-state index contributed by atoms with van der Waals surface area (Å²) in [6.45, 7) is -0.190. The summed E-state index contributed by atoms with van der Waals surface area (Å²) >= 11 is 0. The van der Waals surface area contributed by atoms with E-state index in [9.17, 15) is 9.59 Å². The summed E-state index contributed by atoms with van der Waals surface area (Å²) in [7, 11) is 4.45. The molecule has 4 aromatic rings. The van der Waals surface area contributed by atoms with Crippen LogP contribution in [0, 0.1) is 0 Å². The second-order valence-corrected chi connectivity index (χ2v) is 7.96. The zero-order chi connectivity index (χ0) is 26.9. The Labute approximate surface area is 219 Å². The molecule has 0 heterocycles.